The van der Waals surface area contributed by atoms with Crippen LogP contribution in [0.25, 0.3) is 11.3 Å². The van der Waals surface area contributed by atoms with Gasteiger partial charge in [-0.15, -0.1) is 0 Å². The lowest BCUT2D eigenvalue weighted by Crippen LogP contribution is -2.08. The third-order valence-electron chi connectivity index (χ3n) is 3.41. The number of ketones is 1. The van der Waals surface area contributed by atoms with Crippen LogP contribution < -0.4 is 0 Å². The molecule has 0 aliphatic carbocycles. The fourth-order valence-electron chi connectivity index (χ4n) is 2.21. The molecule has 1 aromatic carbocycles. The molecule has 1 aromatic heterocycles. The average Bonchev–Trinajstić information content (AvgIpc) is 2.53. The van der Waals surface area contributed by atoms with Crippen molar-refractivity contribution in [3.05, 3.63) is 46.9 Å². The highest BCUT2D eigenvalue weighted by Crippen LogP contribution is 2.29. The second-order valence-corrected chi connectivity index (χ2v) is 5.14. The number of pyridine rings is 1. The van der Waals surface area contributed by atoms with Crippen LogP contribution in [0.2, 0.25) is 0 Å². The fourth-order valence-corrected chi connectivity index (χ4v) is 2.21. The highest BCUT2D eigenvalue weighted by Gasteiger charge is 2.20. The third kappa shape index (κ3) is 3.55. The van der Waals surface area contributed by atoms with Gasteiger partial charge in [-0.05, 0) is 36.8 Å². The predicted octanol–water partition coefficient (Wildman–Crippen LogP) is 2.82. The van der Waals surface area contributed by atoms with Gasteiger partial charge in [-0.1, -0.05) is 0 Å². The molecule has 6 nitrogen and oxygen atoms in total. The van der Waals surface area contributed by atoms with Crippen molar-refractivity contribution in [2.24, 2.45) is 0 Å². The Hall–Kier alpha value is -3.27. The summed E-state index contributed by atoms with van der Waals surface area (Å²) in [6.45, 7) is 1.64. The van der Waals surface area contributed by atoms with Gasteiger partial charge < -0.3 is 10.2 Å². The number of hydrogen-bond donors (Lipinski definition) is 2. The van der Waals surface area contributed by atoms with Crippen LogP contribution in [0.3, 0.4) is 0 Å². The largest absolute Gasteiger partial charge is 0.504 e. The Bertz CT molecular complexity index is 872. The van der Waals surface area contributed by atoms with Crippen molar-refractivity contribution in [3.63, 3.8) is 0 Å². The molecular weight excluding hydrogens is 315 g/mol. The Morgan fingerprint density at radius 1 is 1.29 bits per heavy atom. The average molecular weight is 328 g/mol. The molecule has 0 aliphatic rings. The maximum absolute atomic E-state index is 13.2. The van der Waals surface area contributed by atoms with E-state index in [2.05, 4.69) is 4.98 Å². The molecule has 2 N–H and O–H groups in total. The third-order valence-corrected chi connectivity index (χ3v) is 3.41. The van der Waals surface area contributed by atoms with E-state index in [1.807, 2.05) is 0 Å². The van der Waals surface area contributed by atoms with Crippen LogP contribution >= 0.6 is 0 Å². The minimum absolute atomic E-state index is 0.164. The standard InChI is InChI=1S/C17H13FN2O4/c1-9-6-11(18)2-3-12(9)13-7-10(8-19)17(24)16(20-13)14(21)4-5-15(22)23/h2-3,6-7,24H,4-5H2,1H3,(H,22,23). The number of aryl methyl sites for hydroxylation is 1. The molecule has 0 atom stereocenters. The monoisotopic (exact) mass is 328 g/mol. The maximum atomic E-state index is 13.2. The van der Waals surface area contributed by atoms with Gasteiger partial charge in [0.05, 0.1) is 17.7 Å². The number of rotatable bonds is 5. The summed E-state index contributed by atoms with van der Waals surface area (Å²) in [5, 5.41) is 27.8. The Kier molecular flexibility index (Phi) is 4.90. The smallest absolute Gasteiger partial charge is 0.303 e. The van der Waals surface area contributed by atoms with Crippen LogP contribution in [0.1, 0.15) is 34.5 Å². The maximum Gasteiger partial charge on any atom is 0.303 e. The predicted molar refractivity (Wildman–Crippen MR) is 81.9 cm³/mol. The quantitative estimate of drug-likeness (QED) is 0.816. The number of hydrogen-bond acceptors (Lipinski definition) is 5. The molecule has 0 aliphatic heterocycles. The summed E-state index contributed by atoms with van der Waals surface area (Å²) in [5.74, 6) is -2.87. The minimum atomic E-state index is -1.16. The van der Waals surface area contributed by atoms with Gasteiger partial charge in [0.25, 0.3) is 0 Å². The van der Waals surface area contributed by atoms with Gasteiger partial charge in [-0.25, -0.2) is 9.37 Å². The van der Waals surface area contributed by atoms with Gasteiger partial charge in [0, 0.05) is 12.0 Å². The first-order valence-electron chi connectivity index (χ1n) is 6.99. The van der Waals surface area contributed by atoms with E-state index >= 15 is 0 Å². The molecular formula is C17H13FN2O4. The van der Waals surface area contributed by atoms with E-state index in [9.17, 15) is 19.1 Å². The summed E-state index contributed by atoms with van der Waals surface area (Å²) < 4.78 is 13.2. The fraction of sp³-hybridized carbons (Fsp3) is 0.176. The lowest BCUT2D eigenvalue weighted by Gasteiger charge is -2.10. The molecule has 2 rings (SSSR count). The molecule has 7 heteroatoms. The molecule has 0 amide bonds. The van der Waals surface area contributed by atoms with Gasteiger partial charge in [0.1, 0.15) is 17.6 Å². The molecule has 2 aromatic rings. The van der Waals surface area contributed by atoms with Gasteiger partial charge >= 0.3 is 5.97 Å². The van der Waals surface area contributed by atoms with Crippen molar-refractivity contribution < 1.29 is 24.2 Å². The van der Waals surface area contributed by atoms with Gasteiger partial charge in [0.2, 0.25) is 0 Å². The zero-order chi connectivity index (χ0) is 17.9. The summed E-state index contributed by atoms with van der Waals surface area (Å²) in [5.41, 5.74) is 0.734. The molecule has 0 bridgehead atoms. The van der Waals surface area contributed by atoms with E-state index in [0.29, 0.717) is 11.1 Å². The number of benzene rings is 1. The van der Waals surface area contributed by atoms with Crippen molar-refractivity contribution in [1.29, 1.82) is 5.26 Å². The van der Waals surface area contributed by atoms with E-state index < -0.39 is 29.7 Å². The van der Waals surface area contributed by atoms with E-state index in [-0.39, 0.29) is 23.4 Å². The molecule has 0 fully saturated rings. The number of Topliss-reactive ketones (excluding diaryl/α,β-unsaturated/α-hetero) is 1. The van der Waals surface area contributed by atoms with E-state index in [4.69, 9.17) is 10.4 Å². The first-order valence-corrected chi connectivity index (χ1v) is 6.99. The lowest BCUT2D eigenvalue weighted by atomic mass is 10.0. The number of carboxylic acid groups (broad SMARTS) is 1. The normalized spacial score (nSPS) is 10.2. The summed E-state index contributed by atoms with van der Waals surface area (Å²) in [6.07, 6.45) is -0.770. The summed E-state index contributed by atoms with van der Waals surface area (Å²) in [4.78, 5) is 26.7. The number of aromatic nitrogens is 1. The zero-order valence-electron chi connectivity index (χ0n) is 12.7. The Balaban J connectivity index is 2.55. The van der Waals surface area contributed by atoms with Crippen LogP contribution in [-0.4, -0.2) is 26.9 Å². The Morgan fingerprint density at radius 2 is 2.00 bits per heavy atom. The number of carbonyl (C=O) groups excluding carboxylic acids is 1. The number of carbonyl (C=O) groups is 2. The number of aliphatic carboxylic acids is 1. The van der Waals surface area contributed by atoms with Crippen molar-refractivity contribution in [3.8, 4) is 23.1 Å². The van der Waals surface area contributed by atoms with Crippen LogP contribution in [0.15, 0.2) is 24.3 Å². The second-order valence-electron chi connectivity index (χ2n) is 5.14. The van der Waals surface area contributed by atoms with Crippen LogP contribution in [0.5, 0.6) is 5.75 Å². The second kappa shape index (κ2) is 6.87. The number of aromatic hydroxyl groups is 1. The lowest BCUT2D eigenvalue weighted by molar-refractivity contribution is -0.136. The highest BCUT2D eigenvalue weighted by atomic mass is 19.1. The van der Waals surface area contributed by atoms with E-state index in [1.54, 1.807) is 13.0 Å². The van der Waals surface area contributed by atoms with Crippen LogP contribution in [0.4, 0.5) is 4.39 Å². The van der Waals surface area contributed by atoms with Crippen molar-refractivity contribution in [2.45, 2.75) is 19.8 Å². The molecule has 0 saturated carbocycles. The van der Waals surface area contributed by atoms with Crippen LogP contribution in [0, 0.1) is 24.1 Å². The molecule has 0 saturated heterocycles. The topological polar surface area (TPSA) is 111 Å². The number of nitrogens with zero attached hydrogens (tertiary/aromatic N) is 2. The number of nitriles is 1. The SMILES string of the molecule is Cc1cc(F)ccc1-c1cc(C#N)c(O)c(C(=O)CCC(=O)O)n1. The van der Waals surface area contributed by atoms with Gasteiger partial charge in [-0.2, -0.15) is 5.26 Å². The summed E-state index contributed by atoms with van der Waals surface area (Å²) in [7, 11) is 0. The molecule has 0 unspecified atom stereocenters. The molecule has 1 heterocycles. The summed E-state index contributed by atoms with van der Waals surface area (Å²) >= 11 is 0. The molecule has 0 spiro atoms. The van der Waals surface area contributed by atoms with E-state index in [1.165, 1.54) is 24.3 Å². The molecule has 122 valence electrons. The van der Waals surface area contributed by atoms with Crippen molar-refractivity contribution in [1.82, 2.24) is 4.98 Å². The zero-order valence-corrected chi connectivity index (χ0v) is 12.7. The van der Waals surface area contributed by atoms with E-state index in [0.717, 1.165) is 0 Å². The number of halogens is 1. The van der Waals surface area contributed by atoms with Crippen molar-refractivity contribution in [2.75, 3.05) is 0 Å². The summed E-state index contributed by atoms with van der Waals surface area (Å²) in [6, 6.07) is 7.01. The Morgan fingerprint density at radius 3 is 2.58 bits per heavy atom. The molecule has 0 radical (unpaired) electrons. The highest BCUT2D eigenvalue weighted by molar-refractivity contribution is 5.99. The number of carboxylic acids is 1. The Labute approximate surface area is 136 Å². The molecule has 24 heavy (non-hydrogen) atoms. The van der Waals surface area contributed by atoms with Gasteiger partial charge in [0.15, 0.2) is 11.5 Å². The van der Waals surface area contributed by atoms with Crippen molar-refractivity contribution >= 4 is 11.8 Å². The van der Waals surface area contributed by atoms with Gasteiger partial charge in [-0.3, -0.25) is 9.59 Å². The first-order chi connectivity index (χ1) is 11.3. The minimum Gasteiger partial charge on any atom is -0.504 e. The first kappa shape index (κ1) is 17.1. The van der Waals surface area contributed by atoms with Crippen LogP contribution in [-0.2, 0) is 4.79 Å².